The third-order valence-corrected chi connectivity index (χ3v) is 2.61. The Morgan fingerprint density at radius 3 is 2.61 bits per heavy atom. The van der Waals surface area contributed by atoms with Crippen LogP contribution in [0.1, 0.15) is 33.1 Å². The van der Waals surface area contributed by atoms with Gasteiger partial charge in [0.25, 0.3) is 0 Å². The summed E-state index contributed by atoms with van der Waals surface area (Å²) < 4.78 is 0. The van der Waals surface area contributed by atoms with Crippen molar-refractivity contribution in [1.29, 1.82) is 0 Å². The Hall–Kier alpha value is -1.22. The second-order valence-electron chi connectivity index (χ2n) is 4.25. The molecule has 0 saturated carbocycles. The third-order valence-electron chi connectivity index (χ3n) is 2.61. The van der Waals surface area contributed by atoms with Gasteiger partial charge in [0.2, 0.25) is 0 Å². The van der Waals surface area contributed by atoms with Crippen molar-refractivity contribution in [3.8, 4) is 0 Å². The number of hydrogen-bond donors (Lipinski definition) is 3. The van der Waals surface area contributed by atoms with Crippen LogP contribution < -0.4 is 16.0 Å². The molecule has 0 unspecified atom stereocenters. The molecule has 0 aromatic rings. The van der Waals surface area contributed by atoms with Gasteiger partial charge in [-0.15, -0.1) is 0 Å². The van der Waals surface area contributed by atoms with Gasteiger partial charge >= 0.3 is 0 Å². The van der Waals surface area contributed by atoms with E-state index in [9.17, 15) is 0 Å². The highest BCUT2D eigenvalue weighted by Crippen LogP contribution is 1.97. The van der Waals surface area contributed by atoms with Crippen LogP contribution in [0.3, 0.4) is 0 Å². The predicted octanol–water partition coefficient (Wildman–Crippen LogP) is 2.55. The zero-order chi connectivity index (χ0) is 13.6. The summed E-state index contributed by atoms with van der Waals surface area (Å²) in [5, 5.41) is 9.90. The molecule has 0 atom stereocenters. The molecule has 0 spiro atoms. The lowest BCUT2D eigenvalue weighted by Gasteiger charge is -2.09. The number of rotatable bonds is 11. The Balaban J connectivity index is 3.41. The molecular formula is C15H29N3. The summed E-state index contributed by atoms with van der Waals surface area (Å²) in [6.07, 6.45) is 9.33. The van der Waals surface area contributed by atoms with Gasteiger partial charge < -0.3 is 16.0 Å². The molecule has 104 valence electrons. The van der Waals surface area contributed by atoms with E-state index in [0.29, 0.717) is 0 Å². The van der Waals surface area contributed by atoms with Gasteiger partial charge in [-0.1, -0.05) is 31.2 Å². The Bertz CT molecular complexity index is 267. The molecule has 0 rings (SSSR count). The summed E-state index contributed by atoms with van der Waals surface area (Å²) in [5.41, 5.74) is 2.45. The van der Waals surface area contributed by atoms with Crippen molar-refractivity contribution >= 4 is 0 Å². The van der Waals surface area contributed by atoms with Crippen LogP contribution >= 0.6 is 0 Å². The van der Waals surface area contributed by atoms with Crippen molar-refractivity contribution in [2.45, 2.75) is 33.1 Å². The van der Waals surface area contributed by atoms with Gasteiger partial charge in [-0.05, 0) is 39.3 Å². The molecule has 0 aliphatic rings. The fourth-order valence-corrected chi connectivity index (χ4v) is 1.61. The van der Waals surface area contributed by atoms with Gasteiger partial charge in [-0.2, -0.15) is 0 Å². The van der Waals surface area contributed by atoms with Crippen LogP contribution in [0, 0.1) is 0 Å². The molecular weight excluding hydrogens is 222 g/mol. The average molecular weight is 251 g/mol. The maximum absolute atomic E-state index is 3.98. The first-order valence-electron chi connectivity index (χ1n) is 6.86. The summed E-state index contributed by atoms with van der Waals surface area (Å²) in [6, 6.07) is 0. The van der Waals surface area contributed by atoms with Gasteiger partial charge in [-0.3, -0.25) is 0 Å². The van der Waals surface area contributed by atoms with E-state index in [2.05, 4.69) is 35.5 Å². The first-order valence-corrected chi connectivity index (χ1v) is 6.86. The lowest BCUT2D eigenvalue weighted by Crippen LogP contribution is -2.23. The Kier molecular flexibility index (Phi) is 11.4. The lowest BCUT2D eigenvalue weighted by atomic mass is 10.2. The van der Waals surface area contributed by atoms with E-state index in [-0.39, 0.29) is 0 Å². The Morgan fingerprint density at radius 2 is 2.00 bits per heavy atom. The standard InChI is InChI=1S/C15H29N3/c1-5-8-14(3)9-12-17-10-7-11-18-15(6-2)13-16-4/h5,8,13,16-18H,3,6-7,9-12H2,1-2,4H3/b8-5-,15-13+. The van der Waals surface area contributed by atoms with Crippen LogP contribution in [0.25, 0.3) is 0 Å². The molecule has 0 aliphatic heterocycles. The van der Waals surface area contributed by atoms with Crippen molar-refractivity contribution < 1.29 is 0 Å². The summed E-state index contributed by atoms with van der Waals surface area (Å²) >= 11 is 0. The Morgan fingerprint density at radius 1 is 1.22 bits per heavy atom. The lowest BCUT2D eigenvalue weighted by molar-refractivity contribution is 0.620. The predicted molar refractivity (Wildman–Crippen MR) is 81.5 cm³/mol. The molecule has 0 saturated heterocycles. The molecule has 18 heavy (non-hydrogen) atoms. The van der Waals surface area contributed by atoms with Gasteiger partial charge in [0, 0.05) is 25.5 Å². The van der Waals surface area contributed by atoms with Gasteiger partial charge in [-0.25, -0.2) is 0 Å². The maximum atomic E-state index is 3.98. The zero-order valence-electron chi connectivity index (χ0n) is 12.2. The van der Waals surface area contributed by atoms with E-state index in [1.54, 1.807) is 0 Å². The van der Waals surface area contributed by atoms with Gasteiger partial charge in [0.05, 0.1) is 0 Å². The molecule has 0 bridgehead atoms. The van der Waals surface area contributed by atoms with Crippen LogP contribution in [-0.4, -0.2) is 26.7 Å². The van der Waals surface area contributed by atoms with Crippen LogP contribution in [0.4, 0.5) is 0 Å². The summed E-state index contributed by atoms with van der Waals surface area (Å²) in [6.45, 7) is 11.2. The fraction of sp³-hybridized carbons (Fsp3) is 0.600. The highest BCUT2D eigenvalue weighted by molar-refractivity contribution is 5.13. The SMILES string of the molecule is C=C(/C=C\C)CCNCCCN/C(=C/NC)CC. The zero-order valence-corrected chi connectivity index (χ0v) is 12.2. The third kappa shape index (κ3) is 9.97. The molecule has 0 aromatic heterocycles. The van der Waals surface area contributed by atoms with Crippen LogP contribution in [0.5, 0.6) is 0 Å². The van der Waals surface area contributed by atoms with E-state index in [0.717, 1.165) is 38.9 Å². The second kappa shape index (κ2) is 12.2. The van der Waals surface area contributed by atoms with Crippen molar-refractivity contribution in [3.63, 3.8) is 0 Å². The van der Waals surface area contributed by atoms with Crippen molar-refractivity contribution in [1.82, 2.24) is 16.0 Å². The first kappa shape index (κ1) is 16.8. The molecule has 0 fully saturated rings. The molecule has 0 radical (unpaired) electrons. The van der Waals surface area contributed by atoms with Crippen molar-refractivity contribution in [2.24, 2.45) is 0 Å². The van der Waals surface area contributed by atoms with Crippen LogP contribution in [0.15, 0.2) is 36.2 Å². The molecule has 3 heteroatoms. The smallest absolute Gasteiger partial charge is 0.0263 e. The summed E-state index contributed by atoms with van der Waals surface area (Å²) in [7, 11) is 1.93. The number of hydrogen-bond acceptors (Lipinski definition) is 3. The van der Waals surface area contributed by atoms with Gasteiger partial charge in [0.15, 0.2) is 0 Å². The highest BCUT2D eigenvalue weighted by Gasteiger charge is 1.93. The van der Waals surface area contributed by atoms with E-state index in [4.69, 9.17) is 0 Å². The van der Waals surface area contributed by atoms with E-state index in [1.165, 1.54) is 11.3 Å². The van der Waals surface area contributed by atoms with E-state index >= 15 is 0 Å². The summed E-state index contributed by atoms with van der Waals surface area (Å²) in [5.74, 6) is 0. The number of allylic oxidation sites excluding steroid dienone is 3. The summed E-state index contributed by atoms with van der Waals surface area (Å²) in [4.78, 5) is 0. The molecule has 0 aliphatic carbocycles. The Labute approximate surface area is 112 Å². The van der Waals surface area contributed by atoms with Gasteiger partial charge in [0.1, 0.15) is 0 Å². The molecule has 0 amide bonds. The minimum Gasteiger partial charge on any atom is -0.393 e. The normalized spacial score (nSPS) is 11.8. The van der Waals surface area contributed by atoms with E-state index < -0.39 is 0 Å². The molecule has 0 heterocycles. The monoisotopic (exact) mass is 251 g/mol. The molecule has 3 nitrogen and oxygen atoms in total. The van der Waals surface area contributed by atoms with Crippen molar-refractivity contribution in [3.05, 3.63) is 36.2 Å². The minimum absolute atomic E-state index is 1.01. The molecule has 0 aromatic carbocycles. The average Bonchev–Trinajstić information content (AvgIpc) is 2.36. The molecule has 3 N–H and O–H groups in total. The van der Waals surface area contributed by atoms with Crippen LogP contribution in [-0.2, 0) is 0 Å². The largest absolute Gasteiger partial charge is 0.393 e. The highest BCUT2D eigenvalue weighted by atomic mass is 14.9. The second-order valence-corrected chi connectivity index (χ2v) is 4.25. The maximum Gasteiger partial charge on any atom is 0.0263 e. The quantitative estimate of drug-likeness (QED) is 0.390. The van der Waals surface area contributed by atoms with E-state index in [1.807, 2.05) is 26.2 Å². The van der Waals surface area contributed by atoms with Crippen LogP contribution in [0.2, 0.25) is 0 Å². The minimum atomic E-state index is 1.01. The van der Waals surface area contributed by atoms with Crippen molar-refractivity contribution in [2.75, 3.05) is 26.7 Å². The number of nitrogens with one attached hydrogen (secondary N) is 3. The fourth-order valence-electron chi connectivity index (χ4n) is 1.61. The topological polar surface area (TPSA) is 36.1 Å². The first-order chi connectivity index (χ1) is 8.74.